The monoisotopic (exact) mass is 349 g/mol. The number of terminal acetylenes is 1. The minimum absolute atomic E-state index is 0.142. The second-order valence-corrected chi connectivity index (χ2v) is 6.33. The fourth-order valence-electron chi connectivity index (χ4n) is 2.42. The molecule has 0 spiro atoms. The van der Waals surface area contributed by atoms with Crippen LogP contribution in [0.4, 0.5) is 5.69 Å². The van der Waals surface area contributed by atoms with Crippen molar-refractivity contribution in [1.82, 2.24) is 4.57 Å². The SMILES string of the molecule is C#CCn1c(=NC(=O)c2ccccc2)sc2cc(NC(C)=O)ccc21. The van der Waals surface area contributed by atoms with E-state index in [2.05, 4.69) is 16.2 Å². The number of aromatic nitrogens is 1. The summed E-state index contributed by atoms with van der Waals surface area (Å²) in [5, 5.41) is 2.74. The van der Waals surface area contributed by atoms with E-state index in [-0.39, 0.29) is 11.8 Å². The smallest absolute Gasteiger partial charge is 0.279 e. The molecule has 0 atom stereocenters. The van der Waals surface area contributed by atoms with E-state index in [4.69, 9.17) is 6.42 Å². The van der Waals surface area contributed by atoms with Gasteiger partial charge >= 0.3 is 0 Å². The number of carbonyl (C=O) groups excluding carboxylic acids is 2. The van der Waals surface area contributed by atoms with Crippen molar-refractivity contribution >= 4 is 39.1 Å². The zero-order valence-corrected chi connectivity index (χ0v) is 14.3. The van der Waals surface area contributed by atoms with E-state index in [0.717, 1.165) is 10.2 Å². The Hall–Kier alpha value is -3.17. The maximum atomic E-state index is 12.4. The first kappa shape index (κ1) is 16.7. The van der Waals surface area contributed by atoms with Gasteiger partial charge in [-0.15, -0.1) is 6.42 Å². The molecule has 1 heterocycles. The first-order chi connectivity index (χ1) is 12.1. The van der Waals surface area contributed by atoms with E-state index in [0.29, 0.717) is 22.6 Å². The molecule has 1 N–H and O–H groups in total. The lowest BCUT2D eigenvalue weighted by atomic mass is 10.2. The van der Waals surface area contributed by atoms with Gasteiger partial charge in [0.05, 0.1) is 16.8 Å². The summed E-state index contributed by atoms with van der Waals surface area (Å²) in [5.74, 6) is 2.13. The number of nitrogens with zero attached hydrogens (tertiary/aromatic N) is 2. The molecule has 0 saturated heterocycles. The molecule has 0 aliphatic heterocycles. The minimum Gasteiger partial charge on any atom is -0.326 e. The van der Waals surface area contributed by atoms with Crippen molar-refractivity contribution in [3.63, 3.8) is 0 Å². The number of thiazole rings is 1. The molecule has 3 aromatic rings. The van der Waals surface area contributed by atoms with Crippen molar-refractivity contribution in [2.75, 3.05) is 5.32 Å². The number of carbonyl (C=O) groups is 2. The Labute approximate surface area is 148 Å². The van der Waals surface area contributed by atoms with E-state index in [9.17, 15) is 9.59 Å². The van der Waals surface area contributed by atoms with Crippen LogP contribution >= 0.6 is 11.3 Å². The average molecular weight is 349 g/mol. The van der Waals surface area contributed by atoms with E-state index in [1.165, 1.54) is 18.3 Å². The van der Waals surface area contributed by atoms with Crippen LogP contribution in [0.1, 0.15) is 17.3 Å². The van der Waals surface area contributed by atoms with Gasteiger partial charge in [-0.2, -0.15) is 4.99 Å². The third kappa shape index (κ3) is 3.67. The Balaban J connectivity index is 2.12. The first-order valence-corrected chi connectivity index (χ1v) is 8.38. The van der Waals surface area contributed by atoms with Gasteiger partial charge in [0.15, 0.2) is 4.80 Å². The third-order valence-corrected chi connectivity index (χ3v) is 4.51. The zero-order valence-electron chi connectivity index (χ0n) is 13.5. The van der Waals surface area contributed by atoms with E-state index in [1.807, 2.05) is 22.8 Å². The van der Waals surface area contributed by atoms with Gasteiger partial charge in [0.25, 0.3) is 5.91 Å². The van der Waals surface area contributed by atoms with Gasteiger partial charge in [-0.1, -0.05) is 35.5 Å². The van der Waals surface area contributed by atoms with Crippen LogP contribution in [0.25, 0.3) is 10.2 Å². The van der Waals surface area contributed by atoms with Gasteiger partial charge in [0.2, 0.25) is 5.91 Å². The lowest BCUT2D eigenvalue weighted by molar-refractivity contribution is -0.114. The van der Waals surface area contributed by atoms with Crippen LogP contribution in [-0.2, 0) is 11.3 Å². The molecule has 124 valence electrons. The van der Waals surface area contributed by atoms with Crippen LogP contribution < -0.4 is 10.1 Å². The van der Waals surface area contributed by atoms with Crippen molar-refractivity contribution in [3.05, 3.63) is 58.9 Å². The van der Waals surface area contributed by atoms with Crippen molar-refractivity contribution in [3.8, 4) is 12.3 Å². The molecule has 5 nitrogen and oxygen atoms in total. The second-order valence-electron chi connectivity index (χ2n) is 5.32. The highest BCUT2D eigenvalue weighted by molar-refractivity contribution is 7.16. The quantitative estimate of drug-likeness (QED) is 0.739. The van der Waals surface area contributed by atoms with Gasteiger partial charge in [-0.05, 0) is 30.3 Å². The number of rotatable bonds is 3. The summed E-state index contributed by atoms with van der Waals surface area (Å²) in [5.41, 5.74) is 2.08. The molecule has 0 saturated carbocycles. The van der Waals surface area contributed by atoms with Gasteiger partial charge in [0.1, 0.15) is 0 Å². The fourth-order valence-corrected chi connectivity index (χ4v) is 3.48. The van der Waals surface area contributed by atoms with Crippen molar-refractivity contribution < 1.29 is 9.59 Å². The predicted octanol–water partition coefficient (Wildman–Crippen LogP) is 3.04. The lowest BCUT2D eigenvalue weighted by Gasteiger charge is -2.03. The molecular formula is C19H15N3O2S. The largest absolute Gasteiger partial charge is 0.326 e. The fraction of sp³-hybridized carbons (Fsp3) is 0.105. The molecule has 0 radical (unpaired) electrons. The van der Waals surface area contributed by atoms with Crippen molar-refractivity contribution in [2.24, 2.45) is 4.99 Å². The summed E-state index contributed by atoms with van der Waals surface area (Å²) in [6.07, 6.45) is 5.47. The Bertz CT molecular complexity index is 1060. The van der Waals surface area contributed by atoms with Gasteiger partial charge < -0.3 is 9.88 Å². The molecule has 0 aliphatic carbocycles. The van der Waals surface area contributed by atoms with Gasteiger partial charge in [-0.25, -0.2) is 0 Å². The zero-order chi connectivity index (χ0) is 17.8. The molecule has 0 bridgehead atoms. The highest BCUT2D eigenvalue weighted by atomic mass is 32.1. The molecule has 0 aliphatic rings. The van der Waals surface area contributed by atoms with E-state index in [1.54, 1.807) is 30.3 Å². The average Bonchev–Trinajstić information content (AvgIpc) is 2.92. The number of anilines is 1. The van der Waals surface area contributed by atoms with Crippen LogP contribution in [0.5, 0.6) is 0 Å². The Kier molecular flexibility index (Phi) is 4.78. The normalized spacial score (nSPS) is 11.3. The summed E-state index contributed by atoms with van der Waals surface area (Å²) >= 11 is 1.36. The Morgan fingerprint density at radius 3 is 2.68 bits per heavy atom. The molecule has 3 rings (SSSR count). The minimum atomic E-state index is -0.319. The van der Waals surface area contributed by atoms with Gasteiger partial charge in [0, 0.05) is 18.2 Å². The predicted molar refractivity (Wildman–Crippen MR) is 99.3 cm³/mol. The van der Waals surface area contributed by atoms with Crippen molar-refractivity contribution in [2.45, 2.75) is 13.5 Å². The molecule has 0 unspecified atom stereocenters. The Morgan fingerprint density at radius 2 is 2.00 bits per heavy atom. The van der Waals surface area contributed by atoms with Crippen LogP contribution in [-0.4, -0.2) is 16.4 Å². The maximum absolute atomic E-state index is 12.4. The van der Waals surface area contributed by atoms with Crippen LogP contribution in [0.15, 0.2) is 53.5 Å². The van der Waals surface area contributed by atoms with E-state index < -0.39 is 0 Å². The number of benzene rings is 2. The molecule has 0 fully saturated rings. The standard InChI is InChI=1S/C19H15N3O2S/c1-3-11-22-16-10-9-15(20-13(2)23)12-17(16)25-19(22)21-18(24)14-7-5-4-6-8-14/h1,4-10,12H,11H2,2H3,(H,20,23). The number of fused-ring (bicyclic) bond motifs is 1. The maximum Gasteiger partial charge on any atom is 0.279 e. The number of amides is 2. The number of hydrogen-bond donors (Lipinski definition) is 1. The molecule has 6 heteroatoms. The van der Waals surface area contributed by atoms with E-state index >= 15 is 0 Å². The van der Waals surface area contributed by atoms with Crippen LogP contribution in [0.3, 0.4) is 0 Å². The summed E-state index contributed by atoms with van der Waals surface area (Å²) in [4.78, 5) is 28.4. The molecule has 2 aromatic carbocycles. The molecule has 2 amide bonds. The summed E-state index contributed by atoms with van der Waals surface area (Å²) in [7, 11) is 0. The number of nitrogens with one attached hydrogen (secondary N) is 1. The van der Waals surface area contributed by atoms with Gasteiger partial charge in [-0.3, -0.25) is 9.59 Å². The first-order valence-electron chi connectivity index (χ1n) is 7.57. The van der Waals surface area contributed by atoms with Crippen molar-refractivity contribution in [1.29, 1.82) is 0 Å². The summed E-state index contributed by atoms with van der Waals surface area (Å²) in [6, 6.07) is 14.4. The molecule has 25 heavy (non-hydrogen) atoms. The highest BCUT2D eigenvalue weighted by Crippen LogP contribution is 2.22. The van der Waals surface area contributed by atoms with Crippen LogP contribution in [0, 0.1) is 12.3 Å². The highest BCUT2D eigenvalue weighted by Gasteiger charge is 2.09. The van der Waals surface area contributed by atoms with Crippen LogP contribution in [0.2, 0.25) is 0 Å². The summed E-state index contributed by atoms with van der Waals surface area (Å²) in [6.45, 7) is 1.76. The second kappa shape index (κ2) is 7.16. The summed E-state index contributed by atoms with van der Waals surface area (Å²) < 4.78 is 2.71. The number of hydrogen-bond acceptors (Lipinski definition) is 3. The third-order valence-electron chi connectivity index (χ3n) is 3.47. The lowest BCUT2D eigenvalue weighted by Crippen LogP contribution is -2.16. The molecule has 1 aromatic heterocycles. The molecular weight excluding hydrogens is 334 g/mol. The Morgan fingerprint density at radius 1 is 1.24 bits per heavy atom. The topological polar surface area (TPSA) is 63.5 Å².